The monoisotopic (exact) mass is 372 g/mol. The molecule has 3 rings (SSSR count). The first-order valence-corrected chi connectivity index (χ1v) is 9.78. The SMILES string of the molecule is O=C(/C=C/c1ccccc1O)Nc1ccc(S(=O)(=O)N2CCCC2)cc1. The van der Waals surface area contributed by atoms with Crippen molar-refractivity contribution in [3.05, 3.63) is 60.2 Å². The molecule has 1 saturated heterocycles. The minimum atomic E-state index is -3.46. The minimum Gasteiger partial charge on any atom is -0.507 e. The number of hydrogen-bond acceptors (Lipinski definition) is 4. The van der Waals surface area contributed by atoms with Crippen LogP contribution in [0, 0.1) is 0 Å². The molecule has 0 aromatic heterocycles. The molecule has 0 radical (unpaired) electrons. The third kappa shape index (κ3) is 4.12. The van der Waals surface area contributed by atoms with E-state index in [4.69, 9.17) is 0 Å². The number of carbonyl (C=O) groups is 1. The minimum absolute atomic E-state index is 0.0908. The molecule has 1 heterocycles. The van der Waals surface area contributed by atoms with E-state index < -0.39 is 10.0 Å². The Morgan fingerprint density at radius 3 is 2.35 bits per heavy atom. The fourth-order valence-corrected chi connectivity index (χ4v) is 4.28. The van der Waals surface area contributed by atoms with E-state index in [1.165, 1.54) is 34.7 Å². The van der Waals surface area contributed by atoms with Crippen LogP contribution in [0.2, 0.25) is 0 Å². The van der Waals surface area contributed by atoms with Crippen LogP contribution < -0.4 is 5.32 Å². The van der Waals surface area contributed by atoms with Crippen molar-refractivity contribution in [3.8, 4) is 5.75 Å². The first kappa shape index (κ1) is 18.2. The molecular weight excluding hydrogens is 352 g/mol. The third-order valence-electron chi connectivity index (χ3n) is 4.18. The predicted molar refractivity (Wildman–Crippen MR) is 100 cm³/mol. The Hall–Kier alpha value is -2.64. The number of aromatic hydroxyl groups is 1. The Kier molecular flexibility index (Phi) is 5.39. The summed E-state index contributed by atoms with van der Waals surface area (Å²) in [5.74, 6) is -0.281. The molecule has 1 amide bonds. The molecule has 0 atom stereocenters. The molecule has 0 bridgehead atoms. The Bertz CT molecular complexity index is 915. The number of hydrogen-bond donors (Lipinski definition) is 2. The van der Waals surface area contributed by atoms with Crippen molar-refractivity contribution < 1.29 is 18.3 Å². The second kappa shape index (κ2) is 7.72. The average Bonchev–Trinajstić information content (AvgIpc) is 3.17. The smallest absolute Gasteiger partial charge is 0.248 e. The molecule has 1 aliphatic heterocycles. The quantitative estimate of drug-likeness (QED) is 0.790. The van der Waals surface area contributed by atoms with Crippen LogP contribution in [0.4, 0.5) is 5.69 Å². The van der Waals surface area contributed by atoms with Crippen LogP contribution >= 0.6 is 0 Å². The van der Waals surface area contributed by atoms with Gasteiger partial charge in [-0.05, 0) is 49.2 Å². The molecule has 1 fully saturated rings. The van der Waals surface area contributed by atoms with Crippen molar-refractivity contribution >= 4 is 27.7 Å². The van der Waals surface area contributed by atoms with Gasteiger partial charge in [0.2, 0.25) is 15.9 Å². The summed E-state index contributed by atoms with van der Waals surface area (Å²) in [6.07, 6.45) is 4.59. The molecule has 2 aromatic rings. The lowest BCUT2D eigenvalue weighted by molar-refractivity contribution is -0.111. The predicted octanol–water partition coefficient (Wildman–Crippen LogP) is 2.83. The molecule has 2 N–H and O–H groups in total. The average molecular weight is 372 g/mol. The largest absolute Gasteiger partial charge is 0.507 e. The molecule has 2 aromatic carbocycles. The van der Waals surface area contributed by atoms with Crippen molar-refractivity contribution in [1.82, 2.24) is 4.31 Å². The number of nitrogens with one attached hydrogen (secondary N) is 1. The van der Waals surface area contributed by atoms with Crippen molar-refractivity contribution in [2.75, 3.05) is 18.4 Å². The fraction of sp³-hybridized carbons (Fsp3) is 0.211. The van der Waals surface area contributed by atoms with Crippen molar-refractivity contribution in [1.29, 1.82) is 0 Å². The lowest BCUT2D eigenvalue weighted by Gasteiger charge is -2.15. The number of sulfonamides is 1. The molecule has 0 saturated carbocycles. The number of anilines is 1. The van der Waals surface area contributed by atoms with E-state index in [0.29, 0.717) is 24.3 Å². The molecule has 26 heavy (non-hydrogen) atoms. The molecule has 136 valence electrons. The standard InChI is InChI=1S/C19H20N2O4S/c22-18-6-2-1-5-15(18)7-12-19(23)20-16-8-10-17(11-9-16)26(24,25)21-13-3-4-14-21/h1-2,5-12,22H,3-4,13-14H2,(H,20,23)/b12-7+. The summed E-state index contributed by atoms with van der Waals surface area (Å²) in [6, 6.07) is 12.8. The fourth-order valence-electron chi connectivity index (χ4n) is 2.77. The van der Waals surface area contributed by atoms with E-state index in [-0.39, 0.29) is 16.6 Å². The van der Waals surface area contributed by atoms with Gasteiger partial charge in [0.25, 0.3) is 0 Å². The number of benzene rings is 2. The van der Waals surface area contributed by atoms with E-state index in [0.717, 1.165) is 12.8 Å². The van der Waals surface area contributed by atoms with E-state index in [9.17, 15) is 18.3 Å². The molecule has 0 spiro atoms. The van der Waals surface area contributed by atoms with Gasteiger partial charge in [-0.2, -0.15) is 4.31 Å². The summed E-state index contributed by atoms with van der Waals surface area (Å²) in [7, 11) is -3.46. The van der Waals surface area contributed by atoms with Crippen LogP contribution in [-0.2, 0) is 14.8 Å². The van der Waals surface area contributed by atoms with Gasteiger partial charge in [0.05, 0.1) is 4.90 Å². The molecule has 1 aliphatic rings. The molecule has 0 unspecified atom stereocenters. The van der Waals surface area contributed by atoms with Crippen LogP contribution in [0.25, 0.3) is 6.08 Å². The highest BCUT2D eigenvalue weighted by Crippen LogP contribution is 2.22. The normalized spacial score (nSPS) is 15.4. The zero-order valence-electron chi connectivity index (χ0n) is 14.1. The van der Waals surface area contributed by atoms with Crippen LogP contribution in [0.1, 0.15) is 18.4 Å². The number of nitrogens with zero attached hydrogens (tertiary/aromatic N) is 1. The Labute approximate surface area is 152 Å². The van der Waals surface area contributed by atoms with Crippen molar-refractivity contribution in [3.63, 3.8) is 0 Å². The van der Waals surface area contributed by atoms with Gasteiger partial charge in [-0.1, -0.05) is 18.2 Å². The second-order valence-corrected chi connectivity index (χ2v) is 7.95. The van der Waals surface area contributed by atoms with Gasteiger partial charge >= 0.3 is 0 Å². The van der Waals surface area contributed by atoms with E-state index >= 15 is 0 Å². The van der Waals surface area contributed by atoms with E-state index in [2.05, 4.69) is 5.32 Å². The second-order valence-electron chi connectivity index (χ2n) is 6.02. The molecule has 6 nitrogen and oxygen atoms in total. The van der Waals surface area contributed by atoms with Gasteiger partial charge in [0, 0.05) is 30.4 Å². The lowest BCUT2D eigenvalue weighted by Crippen LogP contribution is -2.27. The first-order chi connectivity index (χ1) is 12.5. The van der Waals surface area contributed by atoms with Crippen molar-refractivity contribution in [2.24, 2.45) is 0 Å². The summed E-state index contributed by atoms with van der Waals surface area (Å²) in [5.41, 5.74) is 1.03. The maximum Gasteiger partial charge on any atom is 0.248 e. The summed E-state index contributed by atoms with van der Waals surface area (Å²) in [4.78, 5) is 12.2. The number of para-hydroxylation sites is 1. The Balaban J connectivity index is 1.65. The maximum atomic E-state index is 12.5. The Morgan fingerprint density at radius 2 is 1.69 bits per heavy atom. The van der Waals surface area contributed by atoms with Gasteiger partial charge in [0.1, 0.15) is 5.75 Å². The third-order valence-corrected chi connectivity index (χ3v) is 6.09. The number of phenols is 1. The van der Waals surface area contributed by atoms with E-state index in [1.54, 1.807) is 30.3 Å². The molecule has 7 heteroatoms. The Morgan fingerprint density at radius 1 is 1.04 bits per heavy atom. The molecule has 0 aliphatic carbocycles. The highest BCUT2D eigenvalue weighted by atomic mass is 32.2. The summed E-state index contributed by atoms with van der Waals surface area (Å²) < 4.78 is 26.4. The van der Waals surface area contributed by atoms with Crippen LogP contribution in [0.15, 0.2) is 59.5 Å². The zero-order chi connectivity index (χ0) is 18.6. The number of amides is 1. The van der Waals surface area contributed by atoms with Gasteiger partial charge in [-0.15, -0.1) is 0 Å². The molecular formula is C19H20N2O4S. The highest BCUT2D eigenvalue weighted by molar-refractivity contribution is 7.89. The topological polar surface area (TPSA) is 86.7 Å². The van der Waals surface area contributed by atoms with Gasteiger partial charge in [-0.3, -0.25) is 4.79 Å². The van der Waals surface area contributed by atoms with Crippen LogP contribution in [0.3, 0.4) is 0 Å². The van der Waals surface area contributed by atoms with Gasteiger partial charge < -0.3 is 10.4 Å². The first-order valence-electron chi connectivity index (χ1n) is 8.34. The lowest BCUT2D eigenvalue weighted by atomic mass is 10.2. The number of phenolic OH excluding ortho intramolecular Hbond substituents is 1. The van der Waals surface area contributed by atoms with Gasteiger partial charge in [0.15, 0.2) is 0 Å². The van der Waals surface area contributed by atoms with E-state index in [1.807, 2.05) is 0 Å². The highest BCUT2D eigenvalue weighted by Gasteiger charge is 2.26. The summed E-state index contributed by atoms with van der Waals surface area (Å²) in [5, 5.41) is 12.3. The number of carbonyl (C=O) groups excluding carboxylic acids is 1. The summed E-state index contributed by atoms with van der Waals surface area (Å²) in [6.45, 7) is 1.11. The van der Waals surface area contributed by atoms with Crippen molar-refractivity contribution in [2.45, 2.75) is 17.7 Å². The van der Waals surface area contributed by atoms with Gasteiger partial charge in [-0.25, -0.2) is 8.42 Å². The van der Waals surface area contributed by atoms with Crippen LogP contribution in [0.5, 0.6) is 5.75 Å². The van der Waals surface area contributed by atoms with Crippen LogP contribution in [-0.4, -0.2) is 36.8 Å². The zero-order valence-corrected chi connectivity index (χ0v) is 14.9. The maximum absolute atomic E-state index is 12.5. The summed E-state index contributed by atoms with van der Waals surface area (Å²) >= 11 is 0. The number of rotatable bonds is 5.